The molecule has 0 amide bonds. The summed E-state index contributed by atoms with van der Waals surface area (Å²) < 4.78 is 2.61. The topological polar surface area (TPSA) is 46.8 Å². The fourth-order valence-corrected chi connectivity index (χ4v) is 2.71. The Balaban J connectivity index is 2.01. The highest BCUT2D eigenvalue weighted by atomic mass is 79.9. The van der Waals surface area contributed by atoms with Crippen molar-refractivity contribution in [1.82, 2.24) is 19.7 Å². The van der Waals surface area contributed by atoms with Crippen molar-refractivity contribution < 1.29 is 0 Å². The molecule has 0 aliphatic carbocycles. The maximum Gasteiger partial charge on any atom is 0.252 e. The number of hydrogen-bond acceptors (Lipinski definition) is 4. The molecule has 0 spiro atoms. The van der Waals surface area contributed by atoms with E-state index in [2.05, 4.69) is 42.8 Å². The monoisotopic (exact) mass is 307 g/mol. The first-order valence-electron chi connectivity index (χ1n) is 6.05. The lowest BCUT2D eigenvalue weighted by molar-refractivity contribution is 0.717. The molecule has 2 aromatic rings. The van der Waals surface area contributed by atoms with Gasteiger partial charge in [0.05, 0.1) is 4.47 Å². The number of halogens is 1. The Kier molecular flexibility index (Phi) is 3.03. The highest BCUT2D eigenvalue weighted by Gasteiger charge is 2.24. The van der Waals surface area contributed by atoms with Crippen LogP contribution in [0.15, 0.2) is 29.1 Å². The van der Waals surface area contributed by atoms with Gasteiger partial charge in [-0.1, -0.05) is 0 Å². The molecule has 18 heavy (non-hydrogen) atoms. The smallest absolute Gasteiger partial charge is 0.252 e. The summed E-state index contributed by atoms with van der Waals surface area (Å²) in [4.78, 5) is 11.2. The van der Waals surface area contributed by atoms with E-state index in [1.54, 1.807) is 17.1 Å². The molecule has 2 aromatic heterocycles. The summed E-state index contributed by atoms with van der Waals surface area (Å²) in [5.41, 5.74) is 0. The van der Waals surface area contributed by atoms with E-state index in [0.717, 1.165) is 16.8 Å². The largest absolute Gasteiger partial charge is 0.353 e. The molecule has 3 heterocycles. The maximum atomic E-state index is 4.62. The zero-order valence-electron chi connectivity index (χ0n) is 10.1. The Morgan fingerprint density at radius 3 is 3.00 bits per heavy atom. The molecule has 1 fully saturated rings. The van der Waals surface area contributed by atoms with Crippen molar-refractivity contribution in [1.29, 1.82) is 0 Å². The highest BCUT2D eigenvalue weighted by molar-refractivity contribution is 9.10. The lowest BCUT2D eigenvalue weighted by atomic mass is 10.2. The van der Waals surface area contributed by atoms with Crippen LogP contribution in [0.1, 0.15) is 19.8 Å². The predicted molar refractivity (Wildman–Crippen MR) is 72.9 cm³/mol. The van der Waals surface area contributed by atoms with Gasteiger partial charge in [0, 0.05) is 31.2 Å². The van der Waals surface area contributed by atoms with Gasteiger partial charge < -0.3 is 4.90 Å². The predicted octanol–water partition coefficient (Wildman–Crippen LogP) is 2.41. The highest BCUT2D eigenvalue weighted by Crippen LogP contribution is 2.30. The first-order valence-corrected chi connectivity index (χ1v) is 6.84. The minimum absolute atomic E-state index is 0.529. The van der Waals surface area contributed by atoms with E-state index in [1.807, 2.05) is 12.3 Å². The van der Waals surface area contributed by atoms with Crippen molar-refractivity contribution in [3.05, 3.63) is 29.1 Å². The minimum atomic E-state index is 0.529. The van der Waals surface area contributed by atoms with Crippen LogP contribution in [-0.4, -0.2) is 32.3 Å². The van der Waals surface area contributed by atoms with E-state index in [9.17, 15) is 0 Å². The van der Waals surface area contributed by atoms with Gasteiger partial charge in [0.25, 0.3) is 5.95 Å². The lowest BCUT2D eigenvalue weighted by Crippen LogP contribution is -2.28. The van der Waals surface area contributed by atoms with Crippen LogP contribution in [0.25, 0.3) is 5.95 Å². The van der Waals surface area contributed by atoms with Gasteiger partial charge in [-0.05, 0) is 41.8 Å². The van der Waals surface area contributed by atoms with Crippen LogP contribution in [-0.2, 0) is 0 Å². The Morgan fingerprint density at radius 1 is 1.44 bits per heavy atom. The Bertz CT molecular complexity index is 539. The van der Waals surface area contributed by atoms with Gasteiger partial charge in [-0.25, -0.2) is 9.67 Å². The van der Waals surface area contributed by atoms with Crippen LogP contribution >= 0.6 is 15.9 Å². The lowest BCUT2D eigenvalue weighted by Gasteiger charge is -2.23. The van der Waals surface area contributed by atoms with Gasteiger partial charge in [-0.3, -0.25) is 0 Å². The normalized spacial score (nSPS) is 19.4. The molecule has 1 saturated heterocycles. The van der Waals surface area contributed by atoms with E-state index in [-0.39, 0.29) is 0 Å². The zero-order chi connectivity index (χ0) is 12.5. The fourth-order valence-electron chi connectivity index (χ4n) is 2.30. The Labute approximate surface area is 114 Å². The zero-order valence-corrected chi connectivity index (χ0v) is 11.7. The quantitative estimate of drug-likeness (QED) is 0.855. The maximum absolute atomic E-state index is 4.62. The second kappa shape index (κ2) is 4.68. The van der Waals surface area contributed by atoms with Gasteiger partial charge in [0.2, 0.25) is 0 Å². The molecule has 0 radical (unpaired) electrons. The second-order valence-electron chi connectivity index (χ2n) is 4.48. The number of anilines is 1. The van der Waals surface area contributed by atoms with Gasteiger partial charge in [-0.2, -0.15) is 10.1 Å². The molecule has 1 atom stereocenters. The molecule has 6 heteroatoms. The molecule has 0 bridgehead atoms. The Hall–Kier alpha value is -1.43. The minimum Gasteiger partial charge on any atom is -0.353 e. The average molecular weight is 308 g/mol. The van der Waals surface area contributed by atoms with Crippen LogP contribution in [0.3, 0.4) is 0 Å². The van der Waals surface area contributed by atoms with Crippen LogP contribution in [0.2, 0.25) is 0 Å². The molecule has 1 aliphatic heterocycles. The van der Waals surface area contributed by atoms with Gasteiger partial charge in [0.15, 0.2) is 0 Å². The number of rotatable bonds is 2. The number of aromatic nitrogens is 4. The fraction of sp³-hybridized carbons (Fsp3) is 0.417. The Morgan fingerprint density at radius 2 is 2.33 bits per heavy atom. The first-order chi connectivity index (χ1) is 8.75. The van der Waals surface area contributed by atoms with Crippen molar-refractivity contribution in [2.24, 2.45) is 0 Å². The van der Waals surface area contributed by atoms with Crippen LogP contribution in [0, 0.1) is 0 Å². The summed E-state index contributed by atoms with van der Waals surface area (Å²) in [5, 5.41) is 4.16. The summed E-state index contributed by atoms with van der Waals surface area (Å²) in [6.07, 6.45) is 7.80. The van der Waals surface area contributed by atoms with E-state index >= 15 is 0 Å². The number of nitrogens with zero attached hydrogens (tertiary/aromatic N) is 5. The molecule has 94 valence electrons. The first kappa shape index (κ1) is 11.6. The van der Waals surface area contributed by atoms with Crippen molar-refractivity contribution in [3.63, 3.8) is 0 Å². The van der Waals surface area contributed by atoms with Crippen LogP contribution in [0.4, 0.5) is 5.82 Å². The third-order valence-electron chi connectivity index (χ3n) is 3.25. The summed E-state index contributed by atoms with van der Waals surface area (Å²) in [6, 6.07) is 2.39. The molecule has 0 aromatic carbocycles. The van der Waals surface area contributed by atoms with Crippen LogP contribution < -0.4 is 4.90 Å². The third kappa shape index (κ3) is 2.01. The molecular weight excluding hydrogens is 294 g/mol. The van der Waals surface area contributed by atoms with E-state index < -0.39 is 0 Å². The summed E-state index contributed by atoms with van der Waals surface area (Å²) in [6.45, 7) is 3.28. The number of hydrogen-bond donors (Lipinski definition) is 0. The molecule has 3 rings (SSSR count). The van der Waals surface area contributed by atoms with Crippen molar-refractivity contribution in [2.45, 2.75) is 25.8 Å². The van der Waals surface area contributed by atoms with Crippen molar-refractivity contribution >= 4 is 21.7 Å². The molecule has 5 nitrogen and oxygen atoms in total. The van der Waals surface area contributed by atoms with Crippen LogP contribution in [0.5, 0.6) is 0 Å². The second-order valence-corrected chi connectivity index (χ2v) is 5.33. The standard InChI is InChI=1S/C12H14BrN5/c1-9-4-2-6-17(9)11-10(13)8-14-12(16-11)18-7-3-5-15-18/h3,5,7-9H,2,4,6H2,1H3. The summed E-state index contributed by atoms with van der Waals surface area (Å²) >= 11 is 3.53. The van der Waals surface area contributed by atoms with Gasteiger partial charge in [-0.15, -0.1) is 0 Å². The van der Waals surface area contributed by atoms with Crippen molar-refractivity contribution in [2.75, 3.05) is 11.4 Å². The summed E-state index contributed by atoms with van der Waals surface area (Å²) in [7, 11) is 0. The van der Waals surface area contributed by atoms with E-state index in [1.165, 1.54) is 12.8 Å². The third-order valence-corrected chi connectivity index (χ3v) is 3.81. The average Bonchev–Trinajstić information content (AvgIpc) is 3.01. The van der Waals surface area contributed by atoms with E-state index in [0.29, 0.717) is 12.0 Å². The summed E-state index contributed by atoms with van der Waals surface area (Å²) in [5.74, 6) is 1.57. The van der Waals surface area contributed by atoms with E-state index in [4.69, 9.17) is 0 Å². The SMILES string of the molecule is CC1CCCN1c1nc(-n2cccn2)ncc1Br. The van der Waals surface area contributed by atoms with Gasteiger partial charge in [0.1, 0.15) is 5.82 Å². The molecule has 0 N–H and O–H groups in total. The molecular formula is C12H14BrN5. The van der Waals surface area contributed by atoms with Gasteiger partial charge >= 0.3 is 0 Å². The molecule has 0 saturated carbocycles. The molecule has 1 aliphatic rings. The molecule has 1 unspecified atom stereocenters. The van der Waals surface area contributed by atoms with Crippen molar-refractivity contribution in [3.8, 4) is 5.95 Å².